The van der Waals surface area contributed by atoms with Crippen molar-refractivity contribution in [2.75, 3.05) is 19.8 Å². The van der Waals surface area contributed by atoms with Crippen molar-refractivity contribution < 1.29 is 9.47 Å². The van der Waals surface area contributed by atoms with Crippen molar-refractivity contribution in [3.05, 3.63) is 40.3 Å². The van der Waals surface area contributed by atoms with Gasteiger partial charge in [0.1, 0.15) is 0 Å². The minimum atomic E-state index is 0.0798. The van der Waals surface area contributed by atoms with Gasteiger partial charge in [-0.15, -0.1) is 11.3 Å². The van der Waals surface area contributed by atoms with E-state index in [-0.39, 0.29) is 6.04 Å². The van der Waals surface area contributed by atoms with Crippen LogP contribution in [0, 0.1) is 0 Å². The highest BCUT2D eigenvalue weighted by Gasteiger charge is 2.17. The van der Waals surface area contributed by atoms with E-state index in [2.05, 4.69) is 28.7 Å². The van der Waals surface area contributed by atoms with Gasteiger partial charge in [-0.2, -0.15) is 0 Å². The topological polar surface area (TPSA) is 43.4 Å². The van der Waals surface area contributed by atoms with Crippen LogP contribution in [0.5, 0.6) is 11.5 Å². The van der Waals surface area contributed by atoms with Gasteiger partial charge in [-0.1, -0.05) is 13.0 Å². The quantitative estimate of drug-likeness (QED) is 0.808. The molecule has 0 aliphatic rings. The van der Waals surface area contributed by atoms with E-state index in [1.54, 1.807) is 11.3 Å². The van der Waals surface area contributed by atoms with Gasteiger partial charge in [-0.25, -0.2) is 4.98 Å². The summed E-state index contributed by atoms with van der Waals surface area (Å²) in [6.07, 6.45) is 0. The fourth-order valence-corrected chi connectivity index (χ4v) is 2.79. The summed E-state index contributed by atoms with van der Waals surface area (Å²) in [5.74, 6) is 1.58. The van der Waals surface area contributed by atoms with E-state index in [1.807, 2.05) is 31.5 Å². The molecular formula is C16H22N2O2S. The van der Waals surface area contributed by atoms with Crippen LogP contribution in [0.1, 0.15) is 38.1 Å². The van der Waals surface area contributed by atoms with Gasteiger partial charge in [0.05, 0.1) is 30.5 Å². The lowest BCUT2D eigenvalue weighted by Crippen LogP contribution is -2.22. The second kappa shape index (κ2) is 8.00. The first-order chi connectivity index (χ1) is 10.3. The van der Waals surface area contributed by atoms with Crippen LogP contribution in [-0.4, -0.2) is 24.7 Å². The standard InChI is InChI=1S/C16H22N2O2S/c1-4-17-16(13-10-21-11-18-13)12-7-8-14(19-5-2)15(9-12)20-6-3/h7-11,16-17H,4-6H2,1-3H3. The number of hydrogen-bond donors (Lipinski definition) is 1. The molecule has 2 aromatic rings. The zero-order valence-electron chi connectivity index (χ0n) is 12.8. The van der Waals surface area contributed by atoms with E-state index in [4.69, 9.17) is 9.47 Å². The van der Waals surface area contributed by atoms with E-state index in [0.717, 1.165) is 29.3 Å². The Bertz CT molecular complexity index is 543. The van der Waals surface area contributed by atoms with Crippen LogP contribution >= 0.6 is 11.3 Å². The number of benzene rings is 1. The van der Waals surface area contributed by atoms with Crippen molar-refractivity contribution in [3.8, 4) is 11.5 Å². The molecule has 0 radical (unpaired) electrons. The lowest BCUT2D eigenvalue weighted by molar-refractivity contribution is 0.287. The lowest BCUT2D eigenvalue weighted by atomic mass is 10.0. The number of ether oxygens (including phenoxy) is 2. The predicted molar refractivity (Wildman–Crippen MR) is 86.4 cm³/mol. The molecule has 0 aliphatic heterocycles. The molecule has 4 nitrogen and oxygen atoms in total. The van der Waals surface area contributed by atoms with Crippen LogP contribution < -0.4 is 14.8 Å². The van der Waals surface area contributed by atoms with Crippen molar-refractivity contribution in [3.63, 3.8) is 0 Å². The minimum absolute atomic E-state index is 0.0798. The number of nitrogens with zero attached hydrogens (tertiary/aromatic N) is 1. The number of thiazole rings is 1. The third-order valence-electron chi connectivity index (χ3n) is 3.06. The van der Waals surface area contributed by atoms with Gasteiger partial charge in [0.2, 0.25) is 0 Å². The fourth-order valence-electron chi connectivity index (χ4n) is 2.21. The minimum Gasteiger partial charge on any atom is -0.490 e. The van der Waals surface area contributed by atoms with Crippen LogP contribution in [0.15, 0.2) is 29.1 Å². The molecule has 0 bridgehead atoms. The fraction of sp³-hybridized carbons (Fsp3) is 0.438. The Kier molecular flexibility index (Phi) is 6.02. The third kappa shape index (κ3) is 3.95. The van der Waals surface area contributed by atoms with Gasteiger partial charge in [0.15, 0.2) is 11.5 Å². The molecule has 21 heavy (non-hydrogen) atoms. The number of hydrogen-bond acceptors (Lipinski definition) is 5. The zero-order chi connectivity index (χ0) is 15.1. The van der Waals surface area contributed by atoms with Gasteiger partial charge >= 0.3 is 0 Å². The molecule has 1 aromatic heterocycles. The maximum atomic E-state index is 5.71. The number of rotatable bonds is 8. The summed E-state index contributed by atoms with van der Waals surface area (Å²) in [6, 6.07) is 6.16. The molecule has 0 spiro atoms. The van der Waals surface area contributed by atoms with Crippen LogP contribution in [0.25, 0.3) is 0 Å². The Hall–Kier alpha value is -1.59. The zero-order valence-corrected chi connectivity index (χ0v) is 13.6. The van der Waals surface area contributed by atoms with E-state index in [9.17, 15) is 0 Å². The summed E-state index contributed by atoms with van der Waals surface area (Å²) in [7, 11) is 0. The molecule has 1 heterocycles. The molecule has 2 rings (SSSR count). The molecule has 5 heteroatoms. The Morgan fingerprint density at radius 3 is 2.52 bits per heavy atom. The first-order valence-corrected chi connectivity index (χ1v) is 8.25. The molecule has 0 amide bonds. The first-order valence-electron chi connectivity index (χ1n) is 7.31. The van der Waals surface area contributed by atoms with Gasteiger partial charge in [-0.3, -0.25) is 0 Å². The largest absolute Gasteiger partial charge is 0.490 e. The summed E-state index contributed by atoms with van der Waals surface area (Å²) >= 11 is 1.61. The number of aromatic nitrogens is 1. The molecule has 0 saturated carbocycles. The van der Waals surface area contributed by atoms with E-state index in [0.29, 0.717) is 13.2 Å². The summed E-state index contributed by atoms with van der Waals surface area (Å²) in [4.78, 5) is 4.43. The summed E-state index contributed by atoms with van der Waals surface area (Å²) in [5, 5.41) is 5.54. The Labute approximate surface area is 130 Å². The average Bonchev–Trinajstić information content (AvgIpc) is 3.01. The monoisotopic (exact) mass is 306 g/mol. The van der Waals surface area contributed by atoms with Crippen LogP contribution in [-0.2, 0) is 0 Å². The van der Waals surface area contributed by atoms with Gasteiger partial charge < -0.3 is 14.8 Å². The van der Waals surface area contributed by atoms with E-state index < -0.39 is 0 Å². The molecule has 0 saturated heterocycles. The van der Waals surface area contributed by atoms with Crippen LogP contribution in [0.3, 0.4) is 0 Å². The van der Waals surface area contributed by atoms with Gasteiger partial charge in [-0.05, 0) is 38.1 Å². The maximum Gasteiger partial charge on any atom is 0.161 e. The van der Waals surface area contributed by atoms with Gasteiger partial charge in [0.25, 0.3) is 0 Å². The SMILES string of the molecule is CCNC(c1ccc(OCC)c(OCC)c1)c1cscn1. The van der Waals surface area contributed by atoms with Crippen LogP contribution in [0.4, 0.5) is 0 Å². The maximum absolute atomic E-state index is 5.71. The smallest absolute Gasteiger partial charge is 0.161 e. The Morgan fingerprint density at radius 1 is 1.14 bits per heavy atom. The highest BCUT2D eigenvalue weighted by atomic mass is 32.1. The predicted octanol–water partition coefficient (Wildman–Crippen LogP) is 3.64. The Morgan fingerprint density at radius 2 is 1.90 bits per heavy atom. The van der Waals surface area contributed by atoms with Crippen molar-refractivity contribution in [2.24, 2.45) is 0 Å². The molecule has 1 atom stereocenters. The number of nitrogens with one attached hydrogen (secondary N) is 1. The Balaban J connectivity index is 2.34. The molecular weight excluding hydrogens is 284 g/mol. The average molecular weight is 306 g/mol. The molecule has 1 N–H and O–H groups in total. The second-order valence-electron chi connectivity index (χ2n) is 4.48. The second-order valence-corrected chi connectivity index (χ2v) is 5.19. The summed E-state index contributed by atoms with van der Waals surface area (Å²) < 4.78 is 11.3. The molecule has 1 unspecified atom stereocenters. The van der Waals surface area contributed by atoms with Gasteiger partial charge in [0, 0.05) is 5.38 Å². The van der Waals surface area contributed by atoms with Crippen molar-refractivity contribution in [2.45, 2.75) is 26.8 Å². The third-order valence-corrected chi connectivity index (χ3v) is 3.66. The molecule has 0 fully saturated rings. The highest BCUT2D eigenvalue weighted by Crippen LogP contribution is 2.32. The van der Waals surface area contributed by atoms with Crippen molar-refractivity contribution in [1.82, 2.24) is 10.3 Å². The van der Waals surface area contributed by atoms with E-state index >= 15 is 0 Å². The first kappa shape index (κ1) is 15.8. The van der Waals surface area contributed by atoms with Crippen LogP contribution in [0.2, 0.25) is 0 Å². The highest BCUT2D eigenvalue weighted by molar-refractivity contribution is 7.07. The van der Waals surface area contributed by atoms with Crippen molar-refractivity contribution in [1.29, 1.82) is 0 Å². The van der Waals surface area contributed by atoms with Crippen molar-refractivity contribution >= 4 is 11.3 Å². The van der Waals surface area contributed by atoms with E-state index in [1.165, 1.54) is 0 Å². The normalized spacial score (nSPS) is 12.1. The molecule has 1 aromatic carbocycles. The summed E-state index contributed by atoms with van der Waals surface area (Å²) in [6.45, 7) is 8.16. The lowest BCUT2D eigenvalue weighted by Gasteiger charge is -2.19. The molecule has 0 aliphatic carbocycles. The molecule has 114 valence electrons. The summed E-state index contributed by atoms with van der Waals surface area (Å²) in [5.41, 5.74) is 4.03.